The molecule has 0 saturated carbocycles. The highest BCUT2D eigenvalue weighted by atomic mass is 16.6. The number of piperidine rings is 1. The molecule has 0 aromatic heterocycles. The lowest BCUT2D eigenvalue weighted by Gasteiger charge is -2.29. The molecule has 25 heavy (non-hydrogen) atoms. The summed E-state index contributed by atoms with van der Waals surface area (Å²) in [6.07, 6.45) is 3.17. The predicted octanol–water partition coefficient (Wildman–Crippen LogP) is 3.46. The average molecular weight is 338 g/mol. The Kier molecular flexibility index (Phi) is 4.46. The number of anilines is 2. The summed E-state index contributed by atoms with van der Waals surface area (Å²) in [4.78, 5) is 14.8. The van der Waals surface area contributed by atoms with Gasteiger partial charge >= 0.3 is 0 Å². The molecule has 1 amide bonds. The fourth-order valence-electron chi connectivity index (χ4n) is 3.28. The number of benzene rings is 2. The van der Waals surface area contributed by atoms with E-state index in [1.807, 2.05) is 36.4 Å². The van der Waals surface area contributed by atoms with E-state index in [9.17, 15) is 4.79 Å². The molecule has 1 fully saturated rings. The van der Waals surface area contributed by atoms with Crippen LogP contribution < -0.4 is 19.7 Å². The maximum atomic E-state index is 12.4. The van der Waals surface area contributed by atoms with Crippen LogP contribution >= 0.6 is 0 Å². The van der Waals surface area contributed by atoms with Gasteiger partial charge in [-0.3, -0.25) is 4.79 Å². The minimum Gasteiger partial charge on any atom is -0.485 e. The van der Waals surface area contributed by atoms with Gasteiger partial charge in [0.1, 0.15) is 6.61 Å². The summed E-state index contributed by atoms with van der Waals surface area (Å²) in [6, 6.07) is 15.4. The molecule has 0 radical (unpaired) electrons. The van der Waals surface area contributed by atoms with Crippen LogP contribution in [0, 0.1) is 0 Å². The van der Waals surface area contributed by atoms with E-state index in [1.54, 1.807) is 0 Å². The van der Waals surface area contributed by atoms with Crippen molar-refractivity contribution >= 4 is 17.3 Å². The molecule has 4 rings (SSSR count). The van der Waals surface area contributed by atoms with Crippen molar-refractivity contribution in [3.63, 3.8) is 0 Å². The number of nitrogens with zero attached hydrogens (tertiary/aromatic N) is 1. The Balaban J connectivity index is 1.38. The van der Waals surface area contributed by atoms with E-state index in [0.29, 0.717) is 11.5 Å². The normalized spacial score (nSPS) is 19.4. The van der Waals surface area contributed by atoms with Crippen molar-refractivity contribution in [2.24, 2.45) is 0 Å². The molecule has 0 spiro atoms. The molecule has 2 aromatic carbocycles. The highest BCUT2D eigenvalue weighted by molar-refractivity contribution is 5.94. The molecule has 0 bridgehead atoms. The van der Waals surface area contributed by atoms with Crippen molar-refractivity contribution in [1.82, 2.24) is 0 Å². The summed E-state index contributed by atoms with van der Waals surface area (Å²) in [5, 5.41) is 2.91. The second kappa shape index (κ2) is 7.05. The number of hydrogen-bond acceptors (Lipinski definition) is 4. The Morgan fingerprint density at radius 3 is 2.44 bits per heavy atom. The molecule has 2 aliphatic heterocycles. The van der Waals surface area contributed by atoms with Gasteiger partial charge in [0.25, 0.3) is 5.91 Å². The third-order valence-electron chi connectivity index (χ3n) is 4.66. The molecular formula is C20H22N2O3. The van der Waals surface area contributed by atoms with E-state index in [0.717, 1.165) is 18.8 Å². The summed E-state index contributed by atoms with van der Waals surface area (Å²) in [5.74, 6) is 1.09. The number of carbonyl (C=O) groups excluding carboxylic acids is 1. The standard InChI is InChI=1S/C20H22N2O3/c23-20(19-14-24-17-6-2-3-7-18(17)25-19)21-15-8-10-16(11-9-15)22-12-4-1-5-13-22/h2-3,6-11,19H,1,4-5,12-14H2,(H,21,23)/t19-/m1/s1. The lowest BCUT2D eigenvalue weighted by atomic mass is 10.1. The zero-order valence-electron chi connectivity index (χ0n) is 14.1. The number of fused-ring (bicyclic) bond motifs is 1. The monoisotopic (exact) mass is 338 g/mol. The molecule has 1 N–H and O–H groups in total. The molecule has 0 unspecified atom stereocenters. The van der Waals surface area contributed by atoms with Gasteiger partial charge < -0.3 is 19.7 Å². The van der Waals surface area contributed by atoms with Crippen molar-refractivity contribution in [2.75, 3.05) is 29.9 Å². The van der Waals surface area contributed by atoms with Crippen LogP contribution in [0.5, 0.6) is 11.5 Å². The number of para-hydroxylation sites is 2. The summed E-state index contributed by atoms with van der Waals surface area (Å²) in [6.45, 7) is 2.44. The molecule has 2 aliphatic rings. The zero-order chi connectivity index (χ0) is 17.1. The van der Waals surface area contributed by atoms with Gasteiger partial charge in [-0.15, -0.1) is 0 Å². The Hall–Kier alpha value is -2.69. The van der Waals surface area contributed by atoms with E-state index < -0.39 is 6.10 Å². The van der Waals surface area contributed by atoms with Crippen molar-refractivity contribution in [3.05, 3.63) is 48.5 Å². The Labute approximate surface area is 147 Å². The molecule has 0 aliphatic carbocycles. The minimum atomic E-state index is -0.642. The topological polar surface area (TPSA) is 50.8 Å². The molecule has 1 saturated heterocycles. The van der Waals surface area contributed by atoms with Gasteiger partial charge in [-0.25, -0.2) is 0 Å². The number of rotatable bonds is 3. The van der Waals surface area contributed by atoms with Gasteiger partial charge in [0.2, 0.25) is 6.10 Å². The maximum Gasteiger partial charge on any atom is 0.269 e. The van der Waals surface area contributed by atoms with Gasteiger partial charge in [0.15, 0.2) is 11.5 Å². The first kappa shape index (κ1) is 15.8. The van der Waals surface area contributed by atoms with Crippen LogP contribution in [0.3, 0.4) is 0 Å². The van der Waals surface area contributed by atoms with Crippen LogP contribution in [-0.4, -0.2) is 31.7 Å². The molecule has 5 nitrogen and oxygen atoms in total. The van der Waals surface area contributed by atoms with Crippen molar-refractivity contribution in [1.29, 1.82) is 0 Å². The van der Waals surface area contributed by atoms with Crippen LogP contribution in [-0.2, 0) is 4.79 Å². The Morgan fingerprint density at radius 1 is 0.960 bits per heavy atom. The van der Waals surface area contributed by atoms with Crippen LogP contribution in [0.15, 0.2) is 48.5 Å². The van der Waals surface area contributed by atoms with E-state index in [4.69, 9.17) is 9.47 Å². The second-order valence-electron chi connectivity index (χ2n) is 6.45. The van der Waals surface area contributed by atoms with Crippen LogP contribution in [0.25, 0.3) is 0 Å². The maximum absolute atomic E-state index is 12.4. The molecule has 1 atom stereocenters. The predicted molar refractivity (Wildman–Crippen MR) is 97.5 cm³/mol. The lowest BCUT2D eigenvalue weighted by Crippen LogP contribution is -2.40. The van der Waals surface area contributed by atoms with Crippen LogP contribution in [0.4, 0.5) is 11.4 Å². The van der Waals surface area contributed by atoms with Crippen LogP contribution in [0.1, 0.15) is 19.3 Å². The summed E-state index contributed by atoms with van der Waals surface area (Å²) >= 11 is 0. The molecule has 130 valence electrons. The third-order valence-corrected chi connectivity index (χ3v) is 4.66. The largest absolute Gasteiger partial charge is 0.485 e. The first-order valence-electron chi connectivity index (χ1n) is 8.84. The summed E-state index contributed by atoms with van der Waals surface area (Å²) in [7, 11) is 0. The average Bonchev–Trinajstić information content (AvgIpc) is 2.69. The van der Waals surface area contributed by atoms with Crippen molar-refractivity contribution < 1.29 is 14.3 Å². The summed E-state index contributed by atoms with van der Waals surface area (Å²) < 4.78 is 11.3. The Morgan fingerprint density at radius 2 is 1.68 bits per heavy atom. The van der Waals surface area contributed by atoms with Crippen LogP contribution in [0.2, 0.25) is 0 Å². The smallest absolute Gasteiger partial charge is 0.269 e. The molecule has 5 heteroatoms. The van der Waals surface area contributed by atoms with Gasteiger partial charge in [0.05, 0.1) is 0 Å². The number of amides is 1. The van der Waals surface area contributed by atoms with Gasteiger partial charge in [-0.05, 0) is 55.7 Å². The molecule has 2 heterocycles. The fourth-order valence-corrected chi connectivity index (χ4v) is 3.28. The van der Waals surface area contributed by atoms with Crippen molar-refractivity contribution in [3.8, 4) is 11.5 Å². The second-order valence-corrected chi connectivity index (χ2v) is 6.45. The van der Waals surface area contributed by atoms with E-state index in [2.05, 4.69) is 22.3 Å². The number of carbonyl (C=O) groups is 1. The minimum absolute atomic E-state index is 0.194. The van der Waals surface area contributed by atoms with E-state index in [-0.39, 0.29) is 12.5 Å². The highest BCUT2D eigenvalue weighted by Gasteiger charge is 2.27. The zero-order valence-corrected chi connectivity index (χ0v) is 14.1. The van der Waals surface area contributed by atoms with E-state index >= 15 is 0 Å². The van der Waals surface area contributed by atoms with Gasteiger partial charge in [-0.2, -0.15) is 0 Å². The summed E-state index contributed by atoms with van der Waals surface area (Å²) in [5.41, 5.74) is 1.98. The van der Waals surface area contributed by atoms with Gasteiger partial charge in [-0.1, -0.05) is 12.1 Å². The first-order chi connectivity index (χ1) is 12.3. The lowest BCUT2D eigenvalue weighted by molar-refractivity contribution is -0.125. The quantitative estimate of drug-likeness (QED) is 0.931. The third kappa shape index (κ3) is 3.55. The number of ether oxygens (including phenoxy) is 2. The Bertz CT molecular complexity index is 739. The molecule has 2 aromatic rings. The number of hydrogen-bond donors (Lipinski definition) is 1. The van der Waals surface area contributed by atoms with Gasteiger partial charge in [0, 0.05) is 24.5 Å². The SMILES string of the molecule is O=C(Nc1ccc(N2CCCCC2)cc1)[C@H]1COc2ccccc2O1. The first-order valence-corrected chi connectivity index (χ1v) is 8.84. The van der Waals surface area contributed by atoms with E-state index in [1.165, 1.54) is 24.9 Å². The van der Waals surface area contributed by atoms with Crippen molar-refractivity contribution in [2.45, 2.75) is 25.4 Å². The fraction of sp³-hybridized carbons (Fsp3) is 0.350. The molecular weight excluding hydrogens is 316 g/mol. The number of nitrogens with one attached hydrogen (secondary N) is 1. The highest BCUT2D eigenvalue weighted by Crippen LogP contribution is 2.31.